The molecule has 0 aliphatic carbocycles. The molecule has 4 atom stereocenters. The van der Waals surface area contributed by atoms with Gasteiger partial charge in [0.1, 0.15) is 23.4 Å². The Morgan fingerprint density at radius 3 is 1.22 bits per heavy atom. The molecule has 0 N–H and O–H groups in total. The first-order valence-electron chi connectivity index (χ1n) is 13.1. The number of hydrogen-bond donors (Lipinski definition) is 0. The Morgan fingerprint density at radius 1 is 0.541 bits per heavy atom. The third-order valence-corrected chi connectivity index (χ3v) is 7.95. The van der Waals surface area contributed by atoms with Crippen LogP contribution < -0.4 is 0 Å². The van der Waals surface area contributed by atoms with Crippen LogP contribution in [-0.4, -0.2) is 25.4 Å². The summed E-state index contributed by atoms with van der Waals surface area (Å²) in [5, 5.41) is 0. The van der Waals surface area contributed by atoms with Crippen LogP contribution in [0.4, 0.5) is 0 Å². The molecular formula is C34H34O3. The molecule has 4 aromatic rings. The van der Waals surface area contributed by atoms with E-state index in [1.54, 1.807) is 0 Å². The molecule has 2 heterocycles. The molecule has 37 heavy (non-hydrogen) atoms. The highest BCUT2D eigenvalue weighted by Crippen LogP contribution is 2.54. The van der Waals surface area contributed by atoms with Gasteiger partial charge in [-0.2, -0.15) is 0 Å². The normalized spacial score (nSPS) is 21.6. The fourth-order valence-corrected chi connectivity index (χ4v) is 5.79. The highest BCUT2D eigenvalue weighted by Gasteiger charge is 2.61. The SMILES string of the molecule is Cc1ccc(C(OC(c2ccc(C)cc2)(c2ccccc2C)C2CO2)(c2ccccc2C)C2CO2)cc1. The molecule has 4 aromatic carbocycles. The second-order valence-corrected chi connectivity index (χ2v) is 10.6. The zero-order chi connectivity index (χ0) is 25.6. The molecule has 0 amide bonds. The Morgan fingerprint density at radius 2 is 0.892 bits per heavy atom. The average Bonchev–Trinajstić information content (AvgIpc) is 3.82. The van der Waals surface area contributed by atoms with Crippen molar-refractivity contribution in [1.82, 2.24) is 0 Å². The highest BCUT2D eigenvalue weighted by molar-refractivity contribution is 5.49. The van der Waals surface area contributed by atoms with Crippen molar-refractivity contribution >= 4 is 0 Å². The lowest BCUT2D eigenvalue weighted by atomic mass is 9.76. The third-order valence-electron chi connectivity index (χ3n) is 7.95. The number of ether oxygens (including phenoxy) is 3. The van der Waals surface area contributed by atoms with E-state index in [0.29, 0.717) is 13.2 Å². The second kappa shape index (κ2) is 9.25. The van der Waals surface area contributed by atoms with Gasteiger partial charge in [-0.15, -0.1) is 0 Å². The number of hydrogen-bond acceptors (Lipinski definition) is 3. The summed E-state index contributed by atoms with van der Waals surface area (Å²) in [5.74, 6) is 0. The lowest BCUT2D eigenvalue weighted by Crippen LogP contribution is -2.49. The summed E-state index contributed by atoms with van der Waals surface area (Å²) in [6.07, 6.45) is -0.215. The van der Waals surface area contributed by atoms with E-state index in [-0.39, 0.29) is 12.2 Å². The summed E-state index contributed by atoms with van der Waals surface area (Å²) >= 11 is 0. The molecular weight excluding hydrogens is 456 g/mol. The summed E-state index contributed by atoms with van der Waals surface area (Å²) < 4.78 is 20.1. The first-order chi connectivity index (χ1) is 17.9. The molecule has 2 aliphatic heterocycles. The molecule has 0 bridgehead atoms. The molecule has 2 aliphatic rings. The van der Waals surface area contributed by atoms with Crippen LogP contribution >= 0.6 is 0 Å². The quantitative estimate of drug-likeness (QED) is 0.251. The summed E-state index contributed by atoms with van der Waals surface area (Å²) in [6, 6.07) is 34.6. The lowest BCUT2D eigenvalue weighted by molar-refractivity contribution is -0.148. The van der Waals surface area contributed by atoms with E-state index in [2.05, 4.69) is 125 Å². The van der Waals surface area contributed by atoms with E-state index < -0.39 is 11.2 Å². The van der Waals surface area contributed by atoms with Crippen LogP contribution in [0, 0.1) is 27.7 Å². The molecule has 4 unspecified atom stereocenters. The summed E-state index contributed by atoms with van der Waals surface area (Å²) in [7, 11) is 0. The van der Waals surface area contributed by atoms with Gasteiger partial charge in [-0.25, -0.2) is 0 Å². The molecule has 3 nitrogen and oxygen atoms in total. The fourth-order valence-electron chi connectivity index (χ4n) is 5.79. The topological polar surface area (TPSA) is 34.3 Å². The Labute approximate surface area is 220 Å². The average molecular weight is 491 g/mol. The molecule has 0 radical (unpaired) electrons. The minimum atomic E-state index is -0.821. The van der Waals surface area contributed by atoms with E-state index in [9.17, 15) is 0 Å². The Kier molecular flexibility index (Phi) is 6.03. The Bertz CT molecular complexity index is 1290. The summed E-state index contributed by atoms with van der Waals surface area (Å²) in [5.41, 5.74) is 7.61. The maximum atomic E-state index is 7.81. The van der Waals surface area contributed by atoms with Crippen LogP contribution in [0.3, 0.4) is 0 Å². The minimum Gasteiger partial charge on any atom is -0.369 e. The Hall–Kier alpha value is -3.24. The molecule has 6 rings (SSSR count). The standard InChI is InChI=1S/C34H34O3/c1-23-13-17-27(18-14-23)33(31-21-35-31,29-11-7-5-9-25(29)3)37-34(32-22-36-32,28-19-15-24(2)16-20-28)30-12-8-6-10-26(30)4/h5-20,31-32H,21-22H2,1-4H3. The second-order valence-electron chi connectivity index (χ2n) is 10.6. The first-order valence-corrected chi connectivity index (χ1v) is 13.1. The van der Waals surface area contributed by atoms with Crippen molar-refractivity contribution in [2.24, 2.45) is 0 Å². The van der Waals surface area contributed by atoms with Crippen molar-refractivity contribution in [3.05, 3.63) is 142 Å². The van der Waals surface area contributed by atoms with Crippen molar-refractivity contribution in [3.8, 4) is 0 Å². The van der Waals surface area contributed by atoms with Gasteiger partial charge in [0.25, 0.3) is 0 Å². The molecule has 3 heteroatoms. The van der Waals surface area contributed by atoms with Gasteiger partial charge >= 0.3 is 0 Å². The Balaban J connectivity index is 1.67. The predicted octanol–water partition coefficient (Wildman–Crippen LogP) is 6.92. The third kappa shape index (κ3) is 4.12. The van der Waals surface area contributed by atoms with Crippen molar-refractivity contribution < 1.29 is 14.2 Å². The van der Waals surface area contributed by atoms with Crippen LogP contribution in [-0.2, 0) is 25.4 Å². The van der Waals surface area contributed by atoms with Crippen molar-refractivity contribution in [2.45, 2.75) is 51.1 Å². The van der Waals surface area contributed by atoms with Crippen LogP contribution in [0.2, 0.25) is 0 Å². The van der Waals surface area contributed by atoms with Gasteiger partial charge < -0.3 is 14.2 Å². The van der Waals surface area contributed by atoms with E-state index in [4.69, 9.17) is 14.2 Å². The van der Waals surface area contributed by atoms with Gasteiger partial charge in [-0.1, -0.05) is 108 Å². The molecule has 0 aromatic heterocycles. The fraction of sp³-hybridized carbons (Fsp3) is 0.294. The monoisotopic (exact) mass is 490 g/mol. The molecule has 2 saturated heterocycles. The lowest BCUT2D eigenvalue weighted by Gasteiger charge is -2.45. The number of benzene rings is 4. The minimum absolute atomic E-state index is 0.108. The number of rotatable bonds is 8. The van der Waals surface area contributed by atoms with Gasteiger partial charge in [0.15, 0.2) is 0 Å². The smallest absolute Gasteiger partial charge is 0.148 e. The maximum absolute atomic E-state index is 7.81. The van der Waals surface area contributed by atoms with Crippen molar-refractivity contribution in [2.75, 3.05) is 13.2 Å². The summed E-state index contributed by atoms with van der Waals surface area (Å²) in [4.78, 5) is 0. The molecule has 0 spiro atoms. The first kappa shape index (κ1) is 24.1. The number of aryl methyl sites for hydroxylation is 4. The van der Waals surface area contributed by atoms with E-state index in [1.165, 1.54) is 22.3 Å². The van der Waals surface area contributed by atoms with Gasteiger partial charge in [-0.3, -0.25) is 0 Å². The summed E-state index contributed by atoms with van der Waals surface area (Å²) in [6.45, 7) is 9.86. The van der Waals surface area contributed by atoms with Crippen molar-refractivity contribution in [1.29, 1.82) is 0 Å². The largest absolute Gasteiger partial charge is 0.369 e. The van der Waals surface area contributed by atoms with Gasteiger partial charge in [0, 0.05) is 0 Å². The van der Waals surface area contributed by atoms with Crippen molar-refractivity contribution in [3.63, 3.8) is 0 Å². The van der Waals surface area contributed by atoms with E-state index >= 15 is 0 Å². The highest BCUT2D eigenvalue weighted by atomic mass is 16.6. The van der Waals surface area contributed by atoms with Gasteiger partial charge in [0.2, 0.25) is 0 Å². The zero-order valence-corrected chi connectivity index (χ0v) is 22.0. The van der Waals surface area contributed by atoms with Gasteiger partial charge in [0.05, 0.1) is 13.2 Å². The maximum Gasteiger partial charge on any atom is 0.148 e. The van der Waals surface area contributed by atoms with E-state index in [0.717, 1.165) is 22.3 Å². The van der Waals surface area contributed by atoms with Crippen LogP contribution in [0.15, 0.2) is 97.1 Å². The molecule has 188 valence electrons. The van der Waals surface area contributed by atoms with Gasteiger partial charge in [-0.05, 0) is 61.1 Å². The van der Waals surface area contributed by atoms with E-state index in [1.807, 2.05) is 0 Å². The van der Waals surface area contributed by atoms with Crippen LogP contribution in [0.25, 0.3) is 0 Å². The van der Waals surface area contributed by atoms with Crippen LogP contribution in [0.1, 0.15) is 44.5 Å². The molecule has 0 saturated carbocycles. The number of epoxide rings is 2. The predicted molar refractivity (Wildman–Crippen MR) is 147 cm³/mol. The zero-order valence-electron chi connectivity index (χ0n) is 22.0. The van der Waals surface area contributed by atoms with Crippen LogP contribution in [0.5, 0.6) is 0 Å². The molecule has 2 fully saturated rings.